The van der Waals surface area contributed by atoms with Crippen molar-refractivity contribution in [2.45, 2.75) is 64.1 Å². The Hall–Kier alpha value is -0.610. The number of fused-ring (bicyclic) bond motifs is 1. The Morgan fingerprint density at radius 3 is 2.75 bits per heavy atom. The van der Waals surface area contributed by atoms with Gasteiger partial charge in [0.25, 0.3) is 0 Å². The molecule has 2 aliphatic heterocycles. The molecule has 6 unspecified atom stereocenters. The molecular formula is C16H29N3O. The molecule has 3 N–H and O–H groups in total. The van der Waals surface area contributed by atoms with Gasteiger partial charge in [-0.15, -0.1) is 0 Å². The molecule has 2 heterocycles. The predicted molar refractivity (Wildman–Crippen MR) is 80.2 cm³/mol. The van der Waals surface area contributed by atoms with Gasteiger partial charge < -0.3 is 11.1 Å². The Morgan fingerprint density at radius 1 is 1.15 bits per heavy atom. The summed E-state index contributed by atoms with van der Waals surface area (Å²) < 4.78 is 0. The van der Waals surface area contributed by atoms with Gasteiger partial charge in [-0.3, -0.25) is 9.69 Å². The van der Waals surface area contributed by atoms with Crippen LogP contribution in [0.15, 0.2) is 0 Å². The minimum absolute atomic E-state index is 0.122. The quantitative estimate of drug-likeness (QED) is 0.802. The third kappa shape index (κ3) is 2.60. The van der Waals surface area contributed by atoms with Crippen molar-refractivity contribution in [3.05, 3.63) is 0 Å². The van der Waals surface area contributed by atoms with Gasteiger partial charge in [-0.05, 0) is 50.5 Å². The molecule has 1 saturated carbocycles. The van der Waals surface area contributed by atoms with Crippen molar-refractivity contribution >= 4 is 5.91 Å². The molecule has 0 radical (unpaired) electrons. The molecule has 3 rings (SSSR count). The van der Waals surface area contributed by atoms with E-state index in [2.05, 4.69) is 24.1 Å². The summed E-state index contributed by atoms with van der Waals surface area (Å²) in [6.07, 6.45) is 5.61. The summed E-state index contributed by atoms with van der Waals surface area (Å²) in [6.45, 7) is 6.80. The van der Waals surface area contributed by atoms with Gasteiger partial charge in [0.05, 0.1) is 0 Å². The van der Waals surface area contributed by atoms with Crippen LogP contribution in [0.2, 0.25) is 0 Å². The molecule has 1 amide bonds. The maximum absolute atomic E-state index is 12.6. The predicted octanol–water partition coefficient (Wildman–Crippen LogP) is 1.35. The number of nitrogens with zero attached hydrogens (tertiary/aromatic N) is 1. The number of rotatable bonds is 2. The monoisotopic (exact) mass is 279 g/mol. The van der Waals surface area contributed by atoms with Gasteiger partial charge in [0, 0.05) is 30.6 Å². The van der Waals surface area contributed by atoms with E-state index in [1.807, 2.05) is 0 Å². The highest BCUT2D eigenvalue weighted by atomic mass is 16.2. The lowest BCUT2D eigenvalue weighted by molar-refractivity contribution is -0.129. The van der Waals surface area contributed by atoms with Gasteiger partial charge in [0.2, 0.25) is 5.91 Å². The fourth-order valence-electron chi connectivity index (χ4n) is 4.59. The first-order valence-electron chi connectivity index (χ1n) is 8.36. The third-order valence-electron chi connectivity index (χ3n) is 5.96. The fourth-order valence-corrected chi connectivity index (χ4v) is 4.59. The van der Waals surface area contributed by atoms with Crippen molar-refractivity contribution in [2.75, 3.05) is 13.1 Å². The first kappa shape index (κ1) is 14.3. The van der Waals surface area contributed by atoms with E-state index in [0.29, 0.717) is 23.9 Å². The molecule has 1 aliphatic carbocycles. The van der Waals surface area contributed by atoms with Gasteiger partial charge in [-0.1, -0.05) is 13.8 Å². The minimum Gasteiger partial charge on any atom is -0.351 e. The second-order valence-corrected chi connectivity index (χ2v) is 7.35. The molecule has 3 aliphatic rings. The molecule has 0 spiro atoms. The van der Waals surface area contributed by atoms with E-state index in [-0.39, 0.29) is 17.9 Å². The van der Waals surface area contributed by atoms with Gasteiger partial charge in [0.15, 0.2) is 0 Å². The fraction of sp³-hybridized carbons (Fsp3) is 0.938. The highest BCUT2D eigenvalue weighted by Crippen LogP contribution is 2.34. The summed E-state index contributed by atoms with van der Waals surface area (Å²) in [6, 6.07) is 1.17. The lowest BCUT2D eigenvalue weighted by Crippen LogP contribution is -2.49. The molecular weight excluding hydrogens is 250 g/mol. The van der Waals surface area contributed by atoms with Gasteiger partial charge in [0.1, 0.15) is 0 Å². The van der Waals surface area contributed by atoms with E-state index in [1.54, 1.807) is 0 Å². The molecule has 0 bridgehead atoms. The van der Waals surface area contributed by atoms with Crippen LogP contribution in [0, 0.1) is 17.8 Å². The zero-order valence-corrected chi connectivity index (χ0v) is 12.8. The summed E-state index contributed by atoms with van der Waals surface area (Å²) in [5.74, 6) is 1.40. The van der Waals surface area contributed by atoms with Crippen molar-refractivity contribution in [2.24, 2.45) is 23.5 Å². The van der Waals surface area contributed by atoms with Crippen LogP contribution in [0.1, 0.15) is 46.0 Å². The zero-order valence-electron chi connectivity index (χ0n) is 12.8. The molecule has 2 saturated heterocycles. The summed E-state index contributed by atoms with van der Waals surface area (Å²) in [4.78, 5) is 15.2. The highest BCUT2D eigenvalue weighted by Gasteiger charge is 2.40. The van der Waals surface area contributed by atoms with Crippen LogP contribution in [0.25, 0.3) is 0 Å². The Bertz CT molecular complexity index is 373. The first-order valence-corrected chi connectivity index (χ1v) is 8.36. The number of amides is 1. The average Bonchev–Trinajstić information content (AvgIpc) is 2.98. The average molecular weight is 279 g/mol. The number of nitrogens with one attached hydrogen (secondary N) is 1. The van der Waals surface area contributed by atoms with Crippen LogP contribution in [0.4, 0.5) is 0 Å². The normalized spacial score (nSPS) is 45.4. The third-order valence-corrected chi connectivity index (χ3v) is 5.96. The smallest absolute Gasteiger partial charge is 0.223 e. The molecule has 114 valence electrons. The molecule has 0 aromatic carbocycles. The van der Waals surface area contributed by atoms with Crippen LogP contribution >= 0.6 is 0 Å². The van der Waals surface area contributed by atoms with Crippen molar-refractivity contribution in [1.29, 1.82) is 0 Å². The second-order valence-electron chi connectivity index (χ2n) is 7.35. The topological polar surface area (TPSA) is 58.4 Å². The molecule has 20 heavy (non-hydrogen) atoms. The highest BCUT2D eigenvalue weighted by molar-refractivity contribution is 5.79. The summed E-state index contributed by atoms with van der Waals surface area (Å²) in [7, 11) is 0. The number of carbonyl (C=O) groups excluding carboxylic acids is 1. The van der Waals surface area contributed by atoms with Crippen LogP contribution in [0.3, 0.4) is 0 Å². The Kier molecular flexibility index (Phi) is 4.04. The Balaban J connectivity index is 1.59. The van der Waals surface area contributed by atoms with E-state index in [1.165, 1.54) is 19.4 Å². The zero-order chi connectivity index (χ0) is 14.3. The Morgan fingerprint density at radius 2 is 1.95 bits per heavy atom. The van der Waals surface area contributed by atoms with Crippen molar-refractivity contribution < 1.29 is 4.79 Å². The van der Waals surface area contributed by atoms with E-state index in [9.17, 15) is 4.79 Å². The van der Waals surface area contributed by atoms with Crippen LogP contribution in [-0.2, 0) is 4.79 Å². The molecule has 0 aromatic rings. The number of nitrogens with two attached hydrogens (primary N) is 1. The maximum atomic E-state index is 12.6. The maximum Gasteiger partial charge on any atom is 0.223 e. The largest absolute Gasteiger partial charge is 0.351 e. The van der Waals surface area contributed by atoms with Gasteiger partial charge in [-0.25, -0.2) is 0 Å². The Labute approximate surface area is 122 Å². The number of hydrogen-bond acceptors (Lipinski definition) is 3. The standard InChI is InChI=1S/C16H29N3O/c1-10-8-11(2)13(17)9-12(10)16(20)18-14-5-7-19-6-3-4-15(14)19/h10-15H,3-9,17H2,1-2H3,(H,18,20). The summed E-state index contributed by atoms with van der Waals surface area (Å²) >= 11 is 0. The molecule has 3 fully saturated rings. The summed E-state index contributed by atoms with van der Waals surface area (Å²) in [5.41, 5.74) is 6.17. The number of carbonyl (C=O) groups is 1. The van der Waals surface area contributed by atoms with Crippen molar-refractivity contribution in [1.82, 2.24) is 10.2 Å². The first-order chi connectivity index (χ1) is 9.56. The molecule has 0 aromatic heterocycles. The van der Waals surface area contributed by atoms with Gasteiger partial charge >= 0.3 is 0 Å². The van der Waals surface area contributed by atoms with Crippen LogP contribution < -0.4 is 11.1 Å². The van der Waals surface area contributed by atoms with E-state index >= 15 is 0 Å². The van der Waals surface area contributed by atoms with Crippen LogP contribution in [-0.4, -0.2) is 42.0 Å². The van der Waals surface area contributed by atoms with Gasteiger partial charge in [-0.2, -0.15) is 0 Å². The molecule has 4 nitrogen and oxygen atoms in total. The SMILES string of the molecule is CC1CC(C)C(C(=O)NC2CCN3CCCC23)CC1N. The molecule has 6 atom stereocenters. The number of hydrogen-bond donors (Lipinski definition) is 2. The molecule has 4 heteroatoms. The lowest BCUT2D eigenvalue weighted by atomic mass is 9.72. The second kappa shape index (κ2) is 5.64. The van der Waals surface area contributed by atoms with Crippen LogP contribution in [0.5, 0.6) is 0 Å². The van der Waals surface area contributed by atoms with Crippen molar-refractivity contribution in [3.8, 4) is 0 Å². The van der Waals surface area contributed by atoms with E-state index < -0.39 is 0 Å². The lowest BCUT2D eigenvalue weighted by Gasteiger charge is -2.37. The van der Waals surface area contributed by atoms with E-state index in [4.69, 9.17) is 5.73 Å². The summed E-state index contributed by atoms with van der Waals surface area (Å²) in [5, 5.41) is 3.35. The minimum atomic E-state index is 0.122. The van der Waals surface area contributed by atoms with E-state index in [0.717, 1.165) is 25.8 Å². The van der Waals surface area contributed by atoms with Crippen molar-refractivity contribution in [3.63, 3.8) is 0 Å².